The number of methoxy groups -OCH3 is 1. The molecule has 0 fully saturated rings. The fourth-order valence-electron chi connectivity index (χ4n) is 2.20. The van der Waals surface area contributed by atoms with Gasteiger partial charge in [0.05, 0.1) is 59.8 Å². The second kappa shape index (κ2) is 14.2. The highest BCUT2D eigenvalue weighted by molar-refractivity contribution is 5.87. The Balaban J connectivity index is 0.000000300. The summed E-state index contributed by atoms with van der Waals surface area (Å²) in [4.78, 5) is 21.7. The number of aromatic carboxylic acids is 1. The number of aliphatic hydroxyl groups is 2. The molecule has 2 aromatic rings. The molecule has 0 aromatic carbocycles. The number of carboxylic acids is 1. The topological polar surface area (TPSA) is 158 Å². The van der Waals surface area contributed by atoms with Gasteiger partial charge in [-0.2, -0.15) is 10.2 Å². The van der Waals surface area contributed by atoms with E-state index in [1.54, 1.807) is 30.1 Å². The van der Waals surface area contributed by atoms with Crippen LogP contribution in [-0.2, 0) is 27.3 Å². The minimum atomic E-state index is -1.03. The maximum atomic E-state index is 11.0. The number of hydrogen-bond acceptors (Lipinski definition) is 9. The number of carbonyl (C=O) groups is 2. The summed E-state index contributed by atoms with van der Waals surface area (Å²) in [6.45, 7) is 4.15. The largest absolute Gasteiger partial charge is 0.476 e. The van der Waals surface area contributed by atoms with Crippen molar-refractivity contribution < 1.29 is 39.1 Å². The summed E-state index contributed by atoms with van der Waals surface area (Å²) in [7, 11) is 1.31. The van der Waals surface area contributed by atoms with Gasteiger partial charge in [0.1, 0.15) is 0 Å². The predicted molar refractivity (Wildman–Crippen MR) is 103 cm³/mol. The van der Waals surface area contributed by atoms with Crippen LogP contribution >= 0.6 is 0 Å². The van der Waals surface area contributed by atoms with E-state index >= 15 is 0 Å². The van der Waals surface area contributed by atoms with Crippen molar-refractivity contribution in [3.05, 3.63) is 35.4 Å². The summed E-state index contributed by atoms with van der Waals surface area (Å²) < 4.78 is 17.7. The Morgan fingerprint density at radius 3 is 2.10 bits per heavy atom. The van der Waals surface area contributed by atoms with Crippen molar-refractivity contribution in [2.45, 2.75) is 20.0 Å². The van der Waals surface area contributed by atoms with Crippen molar-refractivity contribution in [2.24, 2.45) is 0 Å². The second-order valence-electron chi connectivity index (χ2n) is 5.86. The van der Waals surface area contributed by atoms with Gasteiger partial charge in [0.15, 0.2) is 11.4 Å². The fourth-order valence-corrected chi connectivity index (χ4v) is 2.20. The van der Waals surface area contributed by atoms with Gasteiger partial charge in [0.25, 0.3) is 0 Å². The number of hydrogen-bond donors (Lipinski definition) is 3. The van der Waals surface area contributed by atoms with E-state index < -0.39 is 11.9 Å². The third-order valence-electron chi connectivity index (χ3n) is 3.58. The smallest absolute Gasteiger partial charge is 0.358 e. The number of aromatic nitrogens is 4. The zero-order chi connectivity index (χ0) is 22.4. The van der Waals surface area contributed by atoms with E-state index in [0.29, 0.717) is 38.5 Å². The van der Waals surface area contributed by atoms with Crippen LogP contribution < -0.4 is 0 Å². The van der Waals surface area contributed by atoms with Crippen LogP contribution in [0.3, 0.4) is 0 Å². The van der Waals surface area contributed by atoms with E-state index in [1.165, 1.54) is 11.8 Å². The van der Waals surface area contributed by atoms with Crippen LogP contribution in [0.15, 0.2) is 18.5 Å². The molecule has 30 heavy (non-hydrogen) atoms. The lowest BCUT2D eigenvalue weighted by Crippen LogP contribution is -2.10. The molecule has 0 saturated carbocycles. The Kier molecular flexibility index (Phi) is 12.0. The molecule has 0 aliphatic rings. The van der Waals surface area contributed by atoms with Crippen molar-refractivity contribution in [1.82, 2.24) is 19.6 Å². The van der Waals surface area contributed by atoms with Gasteiger partial charge in [0.2, 0.25) is 0 Å². The second-order valence-corrected chi connectivity index (χ2v) is 5.86. The molecule has 0 aliphatic heterocycles. The van der Waals surface area contributed by atoms with Crippen molar-refractivity contribution in [2.75, 3.05) is 46.8 Å². The Morgan fingerprint density at radius 2 is 1.60 bits per heavy atom. The first-order chi connectivity index (χ1) is 14.4. The van der Waals surface area contributed by atoms with E-state index in [2.05, 4.69) is 14.9 Å². The molecule has 2 heterocycles. The lowest BCUT2D eigenvalue weighted by atomic mass is 10.3. The van der Waals surface area contributed by atoms with Gasteiger partial charge in [-0.15, -0.1) is 0 Å². The number of carboxylic acid groups (broad SMARTS) is 1. The number of rotatable bonds is 12. The monoisotopic (exact) mass is 428 g/mol. The normalized spacial score (nSPS) is 10.4. The van der Waals surface area contributed by atoms with E-state index in [1.807, 2.05) is 0 Å². The van der Waals surface area contributed by atoms with Crippen LogP contribution in [0, 0.1) is 6.92 Å². The van der Waals surface area contributed by atoms with Crippen molar-refractivity contribution in [3.8, 4) is 0 Å². The quantitative estimate of drug-likeness (QED) is 0.299. The molecule has 0 amide bonds. The van der Waals surface area contributed by atoms with Gasteiger partial charge in [-0.05, 0) is 13.0 Å². The van der Waals surface area contributed by atoms with Crippen LogP contribution in [0.1, 0.15) is 26.5 Å². The first-order valence-electron chi connectivity index (χ1n) is 9.19. The number of aliphatic hydroxyl groups excluding tert-OH is 2. The predicted octanol–water partition coefficient (Wildman–Crippen LogP) is -0.423. The lowest BCUT2D eigenvalue weighted by molar-refractivity contribution is 0.0590. The Bertz CT molecular complexity index is 774. The van der Waals surface area contributed by atoms with E-state index in [0.717, 1.165) is 0 Å². The fraction of sp³-hybridized carbons (Fsp3) is 0.556. The van der Waals surface area contributed by atoms with Crippen LogP contribution in [0.2, 0.25) is 0 Å². The van der Waals surface area contributed by atoms with Crippen LogP contribution in [-0.4, -0.2) is 93.6 Å². The van der Waals surface area contributed by atoms with Gasteiger partial charge >= 0.3 is 11.9 Å². The Labute approximate surface area is 173 Å². The van der Waals surface area contributed by atoms with Crippen LogP contribution in [0.25, 0.3) is 0 Å². The van der Waals surface area contributed by atoms with E-state index in [4.69, 9.17) is 24.8 Å². The maximum Gasteiger partial charge on any atom is 0.358 e. The summed E-state index contributed by atoms with van der Waals surface area (Å²) in [6, 6.07) is 1.58. The molecule has 2 rings (SSSR count). The standard InChI is InChI=1S/2C9H14N2O4/c1-7-6-11(2-4-15-5-3-12)10-8(7)9(13)14;1-14-9(13)8-2-3-11(10-8)4-6-15-7-5-12/h6,12H,2-5H2,1H3,(H,13,14);2-3,12H,4-7H2,1H3. The summed E-state index contributed by atoms with van der Waals surface area (Å²) in [5, 5.41) is 33.5. The van der Waals surface area contributed by atoms with Crippen LogP contribution in [0.4, 0.5) is 0 Å². The van der Waals surface area contributed by atoms with Gasteiger partial charge in [0, 0.05) is 18.0 Å². The molecule has 0 radical (unpaired) electrons. The Morgan fingerprint density at radius 1 is 1.00 bits per heavy atom. The molecular formula is C18H28N4O8. The molecule has 12 nitrogen and oxygen atoms in total. The van der Waals surface area contributed by atoms with Gasteiger partial charge in [-0.3, -0.25) is 9.36 Å². The molecule has 168 valence electrons. The minimum Gasteiger partial charge on any atom is -0.476 e. The number of carbonyl (C=O) groups excluding carboxylic acids is 1. The minimum absolute atomic E-state index is 0.00647. The van der Waals surface area contributed by atoms with Gasteiger partial charge in [-0.25, -0.2) is 9.59 Å². The lowest BCUT2D eigenvalue weighted by Gasteiger charge is -2.01. The molecule has 3 N–H and O–H groups in total. The molecular weight excluding hydrogens is 400 g/mol. The number of esters is 1. The van der Waals surface area contributed by atoms with Crippen molar-refractivity contribution in [3.63, 3.8) is 0 Å². The van der Waals surface area contributed by atoms with E-state index in [-0.39, 0.29) is 31.2 Å². The van der Waals surface area contributed by atoms with Crippen LogP contribution in [0.5, 0.6) is 0 Å². The molecule has 0 atom stereocenters. The van der Waals surface area contributed by atoms with Crippen molar-refractivity contribution >= 4 is 11.9 Å². The highest BCUT2D eigenvalue weighted by Gasteiger charge is 2.11. The molecule has 0 aliphatic carbocycles. The summed E-state index contributed by atoms with van der Waals surface area (Å²) >= 11 is 0. The van der Waals surface area contributed by atoms with Crippen molar-refractivity contribution in [1.29, 1.82) is 0 Å². The highest BCUT2D eigenvalue weighted by Crippen LogP contribution is 2.04. The average molecular weight is 428 g/mol. The average Bonchev–Trinajstić information content (AvgIpc) is 3.35. The van der Waals surface area contributed by atoms with E-state index in [9.17, 15) is 9.59 Å². The molecule has 12 heteroatoms. The number of ether oxygens (including phenoxy) is 3. The molecule has 2 aromatic heterocycles. The molecule has 0 bridgehead atoms. The third-order valence-corrected chi connectivity index (χ3v) is 3.58. The van der Waals surface area contributed by atoms with Gasteiger partial charge < -0.3 is 29.5 Å². The first-order valence-corrected chi connectivity index (χ1v) is 9.19. The summed E-state index contributed by atoms with van der Waals surface area (Å²) in [5.41, 5.74) is 0.974. The Hall–Kier alpha value is -2.80. The summed E-state index contributed by atoms with van der Waals surface area (Å²) in [5.74, 6) is -1.48. The molecule has 0 unspecified atom stereocenters. The SMILES string of the molecule is COC(=O)c1ccn(CCOCCO)n1.Cc1cn(CCOCCO)nc1C(=O)O. The number of nitrogens with zero attached hydrogens (tertiary/aromatic N) is 4. The first kappa shape index (κ1) is 25.2. The third kappa shape index (κ3) is 9.13. The molecule has 0 saturated heterocycles. The molecule has 0 spiro atoms. The number of aryl methyl sites for hydroxylation is 1. The summed E-state index contributed by atoms with van der Waals surface area (Å²) in [6.07, 6.45) is 3.33. The maximum absolute atomic E-state index is 11.0. The highest BCUT2D eigenvalue weighted by atomic mass is 16.5. The zero-order valence-electron chi connectivity index (χ0n) is 17.1. The van der Waals surface area contributed by atoms with Gasteiger partial charge in [-0.1, -0.05) is 0 Å². The zero-order valence-corrected chi connectivity index (χ0v) is 17.1.